The summed E-state index contributed by atoms with van der Waals surface area (Å²) < 4.78 is 0. The van der Waals surface area contributed by atoms with E-state index in [0.29, 0.717) is 10.8 Å². The summed E-state index contributed by atoms with van der Waals surface area (Å²) in [4.78, 5) is 15.9. The molecule has 70 valence electrons. The minimum Gasteiger partial charge on any atom is -0.365 e. The van der Waals surface area contributed by atoms with Gasteiger partial charge in [0, 0.05) is 5.92 Å². The first-order chi connectivity index (χ1) is 6.29. The summed E-state index contributed by atoms with van der Waals surface area (Å²) in [5.74, 6) is 0.151. The fourth-order valence-electron chi connectivity index (χ4n) is 1.93. The van der Waals surface area contributed by atoms with E-state index in [1.165, 1.54) is 24.2 Å². The molecular weight excluding hydrogens is 184 g/mol. The monoisotopic (exact) mass is 196 g/mol. The Morgan fingerprint density at radius 1 is 1.54 bits per heavy atom. The summed E-state index contributed by atoms with van der Waals surface area (Å²) in [5, 5.41) is 0. The van der Waals surface area contributed by atoms with Crippen molar-refractivity contribution in [3.63, 3.8) is 0 Å². The number of carbonyl (C=O) groups excluding carboxylic acids is 1. The maximum absolute atomic E-state index is 11.0. The number of hydrogen-bond donors (Lipinski definition) is 1. The van der Waals surface area contributed by atoms with Gasteiger partial charge in [0.25, 0.3) is 5.91 Å². The number of amides is 1. The number of primary amides is 1. The molecule has 0 atom stereocenters. The molecule has 1 fully saturated rings. The summed E-state index contributed by atoms with van der Waals surface area (Å²) in [6.07, 6.45) is 4.81. The summed E-state index contributed by atoms with van der Waals surface area (Å²) in [6, 6.07) is 0. The molecule has 0 bridgehead atoms. The number of aromatic nitrogens is 1. The highest BCUT2D eigenvalue weighted by Crippen LogP contribution is 2.35. The second kappa shape index (κ2) is 3.46. The Hall–Kier alpha value is -0.900. The van der Waals surface area contributed by atoms with E-state index in [1.54, 1.807) is 5.51 Å². The van der Waals surface area contributed by atoms with Crippen molar-refractivity contribution in [1.29, 1.82) is 0 Å². The minimum atomic E-state index is -0.329. The largest absolute Gasteiger partial charge is 0.365 e. The summed E-state index contributed by atoms with van der Waals surface area (Å²) >= 11 is 1.36. The van der Waals surface area contributed by atoms with Crippen LogP contribution < -0.4 is 5.73 Å². The highest BCUT2D eigenvalue weighted by molar-refractivity contribution is 7.11. The standard InChI is InChI=1S/C9H12N2OS/c10-9(12)8-7(11-5-13-8)6-3-1-2-4-6/h5-6H,1-4H2,(H2,10,12). The highest BCUT2D eigenvalue weighted by Gasteiger charge is 2.23. The first-order valence-corrected chi connectivity index (χ1v) is 5.40. The molecular formula is C9H12N2OS. The van der Waals surface area contributed by atoms with Gasteiger partial charge in [-0.15, -0.1) is 11.3 Å². The lowest BCUT2D eigenvalue weighted by Gasteiger charge is -2.05. The van der Waals surface area contributed by atoms with Gasteiger partial charge in [0.2, 0.25) is 0 Å². The summed E-state index contributed by atoms with van der Waals surface area (Å²) in [7, 11) is 0. The van der Waals surface area contributed by atoms with Gasteiger partial charge in [-0.3, -0.25) is 4.79 Å². The maximum atomic E-state index is 11.0. The van der Waals surface area contributed by atoms with Crippen molar-refractivity contribution in [2.75, 3.05) is 0 Å². The molecule has 0 spiro atoms. The van der Waals surface area contributed by atoms with Crippen LogP contribution in [0, 0.1) is 0 Å². The van der Waals surface area contributed by atoms with Crippen molar-refractivity contribution in [3.05, 3.63) is 16.1 Å². The Balaban J connectivity index is 2.28. The van der Waals surface area contributed by atoms with Gasteiger partial charge in [-0.05, 0) is 12.8 Å². The van der Waals surface area contributed by atoms with E-state index in [4.69, 9.17) is 5.73 Å². The number of hydrogen-bond acceptors (Lipinski definition) is 3. The minimum absolute atomic E-state index is 0.329. The van der Waals surface area contributed by atoms with Crippen LogP contribution in [-0.2, 0) is 0 Å². The number of carbonyl (C=O) groups is 1. The van der Waals surface area contributed by atoms with Gasteiger partial charge < -0.3 is 5.73 Å². The number of rotatable bonds is 2. The van der Waals surface area contributed by atoms with Crippen LogP contribution >= 0.6 is 11.3 Å². The van der Waals surface area contributed by atoms with E-state index in [9.17, 15) is 4.79 Å². The molecule has 1 amide bonds. The third-order valence-electron chi connectivity index (χ3n) is 2.56. The first-order valence-electron chi connectivity index (χ1n) is 4.52. The molecule has 0 aliphatic heterocycles. The van der Waals surface area contributed by atoms with E-state index in [1.807, 2.05) is 0 Å². The van der Waals surface area contributed by atoms with Gasteiger partial charge >= 0.3 is 0 Å². The number of thiazole rings is 1. The average Bonchev–Trinajstić information content (AvgIpc) is 2.74. The van der Waals surface area contributed by atoms with Gasteiger partial charge in [0.05, 0.1) is 11.2 Å². The lowest BCUT2D eigenvalue weighted by molar-refractivity contribution is 0.100. The normalized spacial score (nSPS) is 17.8. The quantitative estimate of drug-likeness (QED) is 0.785. The second-order valence-corrected chi connectivity index (χ2v) is 4.27. The zero-order chi connectivity index (χ0) is 9.26. The fraction of sp³-hybridized carbons (Fsp3) is 0.556. The van der Waals surface area contributed by atoms with Crippen LogP contribution in [0.3, 0.4) is 0 Å². The fourth-order valence-corrected chi connectivity index (χ4v) is 2.66. The molecule has 13 heavy (non-hydrogen) atoms. The lowest BCUT2D eigenvalue weighted by Crippen LogP contribution is -2.12. The molecule has 4 heteroatoms. The molecule has 1 heterocycles. The van der Waals surface area contributed by atoms with Gasteiger partial charge in [0.15, 0.2) is 0 Å². The van der Waals surface area contributed by atoms with Crippen molar-refractivity contribution in [2.45, 2.75) is 31.6 Å². The van der Waals surface area contributed by atoms with Crippen LogP contribution in [0.15, 0.2) is 5.51 Å². The Labute approximate surface area is 81.0 Å². The first kappa shape index (κ1) is 8.69. The molecule has 1 aliphatic rings. The third-order valence-corrected chi connectivity index (χ3v) is 3.42. The van der Waals surface area contributed by atoms with Crippen LogP contribution in [0.4, 0.5) is 0 Å². The molecule has 1 aromatic heterocycles. The molecule has 1 aliphatic carbocycles. The van der Waals surface area contributed by atoms with E-state index >= 15 is 0 Å². The zero-order valence-corrected chi connectivity index (χ0v) is 8.14. The highest BCUT2D eigenvalue weighted by atomic mass is 32.1. The van der Waals surface area contributed by atoms with Crippen LogP contribution in [0.25, 0.3) is 0 Å². The molecule has 2 rings (SSSR count). The number of nitrogens with zero attached hydrogens (tertiary/aromatic N) is 1. The molecule has 0 saturated heterocycles. The van der Waals surface area contributed by atoms with Crippen molar-refractivity contribution < 1.29 is 4.79 Å². The van der Waals surface area contributed by atoms with Crippen LogP contribution in [0.5, 0.6) is 0 Å². The second-order valence-electron chi connectivity index (χ2n) is 3.41. The predicted molar refractivity (Wildman–Crippen MR) is 51.8 cm³/mol. The zero-order valence-electron chi connectivity index (χ0n) is 7.32. The van der Waals surface area contributed by atoms with Gasteiger partial charge in [-0.25, -0.2) is 4.98 Å². The van der Waals surface area contributed by atoms with E-state index in [0.717, 1.165) is 18.5 Å². The van der Waals surface area contributed by atoms with Crippen LogP contribution in [0.1, 0.15) is 47.0 Å². The van der Waals surface area contributed by atoms with Crippen molar-refractivity contribution >= 4 is 17.2 Å². The lowest BCUT2D eigenvalue weighted by atomic mass is 10.0. The maximum Gasteiger partial charge on any atom is 0.260 e. The molecule has 0 aromatic carbocycles. The van der Waals surface area contributed by atoms with E-state index in [-0.39, 0.29) is 5.91 Å². The predicted octanol–water partition coefficient (Wildman–Crippen LogP) is 1.90. The Morgan fingerprint density at radius 3 is 2.85 bits per heavy atom. The van der Waals surface area contributed by atoms with E-state index < -0.39 is 0 Å². The molecule has 2 N–H and O–H groups in total. The summed E-state index contributed by atoms with van der Waals surface area (Å²) in [5.41, 5.74) is 7.91. The van der Waals surface area contributed by atoms with Crippen molar-refractivity contribution in [3.8, 4) is 0 Å². The molecule has 3 nitrogen and oxygen atoms in total. The van der Waals surface area contributed by atoms with Gasteiger partial charge in [-0.2, -0.15) is 0 Å². The topological polar surface area (TPSA) is 56.0 Å². The smallest absolute Gasteiger partial charge is 0.260 e. The van der Waals surface area contributed by atoms with Crippen molar-refractivity contribution in [2.24, 2.45) is 5.73 Å². The number of nitrogens with two attached hydrogens (primary N) is 1. The van der Waals surface area contributed by atoms with Crippen LogP contribution in [-0.4, -0.2) is 10.9 Å². The Morgan fingerprint density at radius 2 is 2.23 bits per heavy atom. The van der Waals surface area contributed by atoms with Gasteiger partial charge in [0.1, 0.15) is 4.88 Å². The molecule has 1 saturated carbocycles. The SMILES string of the molecule is NC(=O)c1scnc1C1CCCC1. The average molecular weight is 196 g/mol. The van der Waals surface area contributed by atoms with Gasteiger partial charge in [-0.1, -0.05) is 12.8 Å². The molecule has 1 aromatic rings. The van der Waals surface area contributed by atoms with Crippen molar-refractivity contribution in [1.82, 2.24) is 4.98 Å². The van der Waals surface area contributed by atoms with E-state index in [2.05, 4.69) is 4.98 Å². The molecule has 0 radical (unpaired) electrons. The Kier molecular flexibility index (Phi) is 2.31. The Bertz CT molecular complexity index is 315. The molecule has 0 unspecified atom stereocenters. The third kappa shape index (κ3) is 1.58. The summed E-state index contributed by atoms with van der Waals surface area (Å²) in [6.45, 7) is 0. The van der Waals surface area contributed by atoms with Crippen LogP contribution in [0.2, 0.25) is 0 Å².